The van der Waals surface area contributed by atoms with Gasteiger partial charge in [0.15, 0.2) is 30.4 Å². The predicted molar refractivity (Wildman–Crippen MR) is 246 cm³/mol. The molecule has 34 heteroatoms. The van der Waals surface area contributed by atoms with Crippen LogP contribution in [0, 0.1) is 46.9 Å². The van der Waals surface area contributed by atoms with Crippen LogP contribution in [0.15, 0.2) is 91.0 Å². The van der Waals surface area contributed by atoms with Crippen molar-refractivity contribution in [1.29, 1.82) is 0 Å². The standard InChI is InChI=1S/C38H53N7O3.3CHF3O3S.2H2O.Yb/c1-30(33-13-7-4-8-14-33)40-36(46)27-43-21-19-39-20-22-44(28-37(47)41-31(2)34-15-9-5-10-16-34)24-26-45(25-23-43)29-38(48)42-32(3)35-17-11-6-12-18-35;3*2-1(3,4)8(5,6)7;;;/h4-18,30-32,39H,19-29H2,1-3H3,(H,40,46)(H,41,47)(H,42,48);3*(H,5,6,7);2*1H2;/q;;;;;;+3/p-3/t30-,31-,32-;;;;;;/m1....../s1. The maximum absolute atomic E-state index is 13.3. The van der Waals surface area contributed by atoms with Crippen LogP contribution in [0.5, 0.6) is 0 Å². The van der Waals surface area contributed by atoms with Gasteiger partial charge in [0.2, 0.25) is 17.7 Å². The number of amides is 3. The molecule has 1 radical (unpaired) electrons. The van der Waals surface area contributed by atoms with E-state index >= 15 is 0 Å². The van der Waals surface area contributed by atoms with Gasteiger partial charge in [-0.1, -0.05) is 91.0 Å². The normalized spacial score (nSPS) is 15.7. The van der Waals surface area contributed by atoms with Crippen molar-refractivity contribution in [3.63, 3.8) is 0 Å². The van der Waals surface area contributed by atoms with Gasteiger partial charge in [-0.3, -0.25) is 29.1 Å². The summed E-state index contributed by atoms with van der Waals surface area (Å²) in [5.74, 6) is -0.107. The molecule has 1 fully saturated rings. The van der Waals surface area contributed by atoms with Gasteiger partial charge in [0.05, 0.1) is 37.8 Å². The molecular formula is C41H57F9N7O14S3Yb. The average molecular weight is 1310 g/mol. The minimum Gasteiger partial charge on any atom is -0.741 e. The summed E-state index contributed by atoms with van der Waals surface area (Å²) in [4.78, 5) is 45.9. The monoisotopic (exact) mass is 1310 g/mol. The van der Waals surface area contributed by atoms with Crippen LogP contribution in [0.25, 0.3) is 0 Å². The number of alkyl halides is 9. The maximum Gasteiger partial charge on any atom is 3.00 e. The number of hydrogen-bond donors (Lipinski definition) is 4. The molecule has 0 aromatic heterocycles. The topological polar surface area (TPSA) is 344 Å². The van der Waals surface area contributed by atoms with Crippen LogP contribution in [-0.2, 0) is 44.7 Å². The van der Waals surface area contributed by atoms with E-state index in [1.165, 1.54) is 0 Å². The van der Waals surface area contributed by atoms with E-state index in [1.54, 1.807) is 0 Å². The number of carbonyl (C=O) groups is 3. The molecule has 0 bridgehead atoms. The van der Waals surface area contributed by atoms with E-state index in [0.717, 1.165) is 16.7 Å². The van der Waals surface area contributed by atoms with Gasteiger partial charge in [-0.15, -0.1) is 0 Å². The van der Waals surface area contributed by atoms with Crippen molar-refractivity contribution in [3.05, 3.63) is 108 Å². The van der Waals surface area contributed by atoms with E-state index in [1.807, 2.05) is 112 Å². The van der Waals surface area contributed by atoms with Gasteiger partial charge in [-0.05, 0) is 37.5 Å². The Balaban J connectivity index is -0.00000159. The SMILES string of the molecule is C[C@@H](NC(=O)CN1CCNCCN(CC(=O)N[C@H](C)c2ccccc2)CCN(CC(=O)N[C@H](C)c2ccccc2)CC1)c1ccccc1.O.O.O=S(=O)([O-])C(F)(F)F.O=S(=O)([O-])C(F)(F)F.O=S(=O)([O-])C(F)(F)F.[Yb+3]. The number of nitrogens with zero attached hydrogens (tertiary/aromatic N) is 3. The van der Waals surface area contributed by atoms with Crippen LogP contribution in [0.3, 0.4) is 0 Å². The van der Waals surface area contributed by atoms with Gasteiger partial charge in [0, 0.05) is 52.4 Å². The Morgan fingerprint density at radius 2 is 0.653 bits per heavy atom. The van der Waals surface area contributed by atoms with Crippen LogP contribution in [0.1, 0.15) is 55.6 Å². The molecule has 1 heterocycles. The zero-order chi connectivity index (χ0) is 55.1. The summed E-state index contributed by atoms with van der Waals surface area (Å²) in [5.41, 5.74) is -13.8. The molecule has 3 aromatic carbocycles. The molecule has 0 saturated carbocycles. The van der Waals surface area contributed by atoms with E-state index in [-0.39, 0.29) is 113 Å². The molecule has 3 amide bonds. The Bertz CT molecular complexity index is 2290. The van der Waals surface area contributed by atoms with Crippen LogP contribution in [0.2, 0.25) is 0 Å². The minimum absolute atomic E-state index is 0. The number of nitrogens with one attached hydrogen (secondary N) is 4. The molecule has 3 aromatic rings. The van der Waals surface area contributed by atoms with E-state index in [9.17, 15) is 53.9 Å². The first kappa shape index (κ1) is 75.7. The number of hydrogen-bond acceptors (Lipinski definition) is 16. The smallest absolute Gasteiger partial charge is 0.741 e. The molecule has 1 saturated heterocycles. The van der Waals surface area contributed by atoms with E-state index in [2.05, 4.69) is 36.0 Å². The fourth-order valence-electron chi connectivity index (χ4n) is 5.92. The van der Waals surface area contributed by atoms with Gasteiger partial charge < -0.3 is 45.9 Å². The van der Waals surface area contributed by atoms with Crippen molar-refractivity contribution < 1.29 is 151 Å². The Hall–Kier alpha value is -3.55. The summed E-state index contributed by atoms with van der Waals surface area (Å²) in [6, 6.07) is 29.6. The van der Waals surface area contributed by atoms with Crippen LogP contribution in [0.4, 0.5) is 39.5 Å². The first-order valence-corrected chi connectivity index (χ1v) is 25.2. The van der Waals surface area contributed by atoms with Gasteiger partial charge >= 0.3 is 63.4 Å². The van der Waals surface area contributed by atoms with Gasteiger partial charge in [0.25, 0.3) is 0 Å². The second kappa shape index (κ2) is 35.1. The Morgan fingerprint density at radius 3 is 0.840 bits per heavy atom. The van der Waals surface area contributed by atoms with Gasteiger partial charge in [-0.2, -0.15) is 39.5 Å². The van der Waals surface area contributed by atoms with Crippen molar-refractivity contribution in [3.8, 4) is 0 Å². The molecule has 8 N–H and O–H groups in total. The Kier molecular flexibility index (Phi) is 35.4. The van der Waals surface area contributed by atoms with Gasteiger partial charge in [-0.25, -0.2) is 25.3 Å². The fourth-order valence-corrected chi connectivity index (χ4v) is 5.92. The third-order valence-corrected chi connectivity index (χ3v) is 11.4. The summed E-state index contributed by atoms with van der Waals surface area (Å²) in [6.07, 6.45) is 0. The molecule has 435 valence electrons. The van der Waals surface area contributed by atoms with Crippen LogP contribution in [-0.4, -0.2) is 171 Å². The summed E-state index contributed by atoms with van der Waals surface area (Å²) in [7, 11) is -18.3. The molecule has 0 unspecified atom stereocenters. The second-order valence-electron chi connectivity index (χ2n) is 15.4. The summed E-state index contributed by atoms with van der Waals surface area (Å²) in [5, 5.41) is 12.9. The fraction of sp³-hybridized carbons (Fsp3) is 0.488. The molecule has 1 aliphatic rings. The Morgan fingerprint density at radius 1 is 0.467 bits per heavy atom. The zero-order valence-electron chi connectivity index (χ0n) is 39.8. The van der Waals surface area contributed by atoms with Crippen molar-refractivity contribution in [2.75, 3.05) is 72.0 Å². The third-order valence-electron chi connectivity index (χ3n) is 9.66. The zero-order valence-corrected chi connectivity index (χ0v) is 44.0. The molecular weight excluding hydrogens is 1250 g/mol. The summed E-state index contributed by atoms with van der Waals surface area (Å²) < 4.78 is 177. The molecule has 0 spiro atoms. The quantitative estimate of drug-likeness (QED) is 0.114. The first-order chi connectivity index (χ1) is 33.0. The Labute approximate surface area is 466 Å². The minimum atomic E-state index is -6.09. The van der Waals surface area contributed by atoms with Crippen molar-refractivity contribution in [2.45, 2.75) is 55.4 Å². The maximum atomic E-state index is 13.3. The number of rotatable bonds is 12. The molecule has 75 heavy (non-hydrogen) atoms. The average Bonchev–Trinajstić information content (AvgIpc) is 3.25. The molecule has 4 rings (SSSR count). The second-order valence-corrected chi connectivity index (χ2v) is 19.5. The first-order valence-electron chi connectivity index (χ1n) is 21.0. The summed E-state index contributed by atoms with van der Waals surface area (Å²) in [6.45, 7) is 12.0. The summed E-state index contributed by atoms with van der Waals surface area (Å²) >= 11 is 0. The largest absolute Gasteiger partial charge is 3.00 e. The van der Waals surface area contributed by atoms with Crippen LogP contribution >= 0.6 is 0 Å². The molecule has 3 atom stereocenters. The van der Waals surface area contributed by atoms with Crippen molar-refractivity contribution in [2.24, 2.45) is 0 Å². The molecule has 21 nitrogen and oxygen atoms in total. The molecule has 1 aliphatic heterocycles. The van der Waals surface area contributed by atoms with Crippen LogP contribution < -0.4 is 21.3 Å². The number of halogens is 9. The molecule has 0 aliphatic carbocycles. The van der Waals surface area contributed by atoms with E-state index in [0.29, 0.717) is 52.4 Å². The van der Waals surface area contributed by atoms with Crippen molar-refractivity contribution >= 4 is 48.1 Å². The predicted octanol–water partition coefficient (Wildman–Crippen LogP) is 1.63. The van der Waals surface area contributed by atoms with Crippen molar-refractivity contribution in [1.82, 2.24) is 36.0 Å². The number of benzene rings is 3. The number of carbonyl (C=O) groups excluding carboxylic acids is 3. The van der Waals surface area contributed by atoms with Gasteiger partial charge in [0.1, 0.15) is 0 Å². The van der Waals surface area contributed by atoms with E-state index < -0.39 is 46.9 Å². The third kappa shape index (κ3) is 32.1. The van der Waals surface area contributed by atoms with E-state index in [4.69, 9.17) is 38.9 Å².